The van der Waals surface area contributed by atoms with E-state index in [0.29, 0.717) is 29.5 Å². The molecular weight excluding hydrogens is 534 g/mol. The second kappa shape index (κ2) is 16.2. The molecule has 0 fully saturated rings. The highest BCUT2D eigenvalue weighted by atomic mass is 32.1. The number of aldehydes is 1. The van der Waals surface area contributed by atoms with Gasteiger partial charge in [-0.05, 0) is 68.5 Å². The zero-order valence-corrected chi connectivity index (χ0v) is 25.1. The Hall–Kier alpha value is -4.17. The van der Waals surface area contributed by atoms with Gasteiger partial charge < -0.3 is 24.5 Å². The van der Waals surface area contributed by atoms with Crippen molar-refractivity contribution in [1.29, 1.82) is 0 Å². The number of anilines is 2. The molecule has 0 spiro atoms. The number of thiazole rings is 1. The van der Waals surface area contributed by atoms with Crippen LogP contribution in [0.5, 0.6) is 0 Å². The topological polar surface area (TPSA) is 80.8 Å². The van der Waals surface area contributed by atoms with Crippen molar-refractivity contribution >= 4 is 34.3 Å². The number of likely N-dealkylation sites (N-methyl/N-ethyl adjacent to an activating group) is 1. The number of ether oxygens (including phenoxy) is 2. The number of benzene rings is 2. The lowest BCUT2D eigenvalue weighted by molar-refractivity contribution is -0.116. The van der Waals surface area contributed by atoms with Gasteiger partial charge in [0.2, 0.25) is 12.7 Å². The number of allylic oxidation sites excluding steroid dienone is 3. The molecule has 216 valence electrons. The summed E-state index contributed by atoms with van der Waals surface area (Å²) in [6, 6.07) is 16.9. The smallest absolute Gasteiger partial charge is 0.231 e. The zero-order valence-electron chi connectivity index (χ0n) is 24.3. The van der Waals surface area contributed by atoms with Crippen LogP contribution in [-0.2, 0) is 31.9 Å². The minimum atomic E-state index is -0.0583. The van der Waals surface area contributed by atoms with Gasteiger partial charge in [0.1, 0.15) is 6.29 Å². The fraction of sp³-hybridized carbons (Fsp3) is 0.303. The van der Waals surface area contributed by atoms with Gasteiger partial charge in [-0.1, -0.05) is 56.0 Å². The summed E-state index contributed by atoms with van der Waals surface area (Å²) >= 11 is 1.51. The third-order valence-electron chi connectivity index (χ3n) is 6.44. The molecule has 0 aliphatic carbocycles. The lowest BCUT2D eigenvalue weighted by Gasteiger charge is -2.11. The van der Waals surface area contributed by atoms with Crippen molar-refractivity contribution in [2.75, 3.05) is 30.6 Å². The Morgan fingerprint density at radius 3 is 2.59 bits per heavy atom. The van der Waals surface area contributed by atoms with Crippen LogP contribution in [0.2, 0.25) is 0 Å². The first-order valence-corrected chi connectivity index (χ1v) is 14.6. The second-order valence-electron chi connectivity index (χ2n) is 9.34. The molecule has 0 atom stereocenters. The normalized spacial score (nSPS) is 13.3. The van der Waals surface area contributed by atoms with E-state index in [0.717, 1.165) is 41.8 Å². The largest absolute Gasteiger partial charge is 0.454 e. The third kappa shape index (κ3) is 9.18. The number of carbonyl (C=O) groups is 2. The van der Waals surface area contributed by atoms with E-state index in [2.05, 4.69) is 78.2 Å². The van der Waals surface area contributed by atoms with Gasteiger partial charge in [0.05, 0.1) is 5.69 Å². The molecule has 2 aliphatic rings. The number of rotatable bonds is 8. The van der Waals surface area contributed by atoms with Crippen LogP contribution in [0.3, 0.4) is 0 Å². The average molecular weight is 574 g/mol. The molecule has 0 radical (unpaired) electrons. The quantitative estimate of drug-likeness (QED) is 0.286. The van der Waals surface area contributed by atoms with Crippen molar-refractivity contribution in [2.24, 2.45) is 0 Å². The number of nitrogens with one attached hydrogen (secondary N) is 1. The van der Waals surface area contributed by atoms with E-state index >= 15 is 0 Å². The summed E-state index contributed by atoms with van der Waals surface area (Å²) in [6.07, 6.45) is 9.23. The number of amides is 1. The van der Waals surface area contributed by atoms with Crippen molar-refractivity contribution < 1.29 is 19.1 Å². The van der Waals surface area contributed by atoms with E-state index in [1.165, 1.54) is 35.1 Å². The fourth-order valence-corrected chi connectivity index (χ4v) is 5.17. The number of fused-ring (bicyclic) bond motifs is 1. The number of carbonyl (C=O) groups excluding carboxylic acids is 2. The predicted octanol–water partition coefficient (Wildman–Crippen LogP) is 7.24. The van der Waals surface area contributed by atoms with Crippen LogP contribution >= 0.6 is 11.3 Å². The van der Waals surface area contributed by atoms with Crippen LogP contribution in [0.4, 0.5) is 10.8 Å². The minimum Gasteiger partial charge on any atom is -0.454 e. The molecule has 2 aromatic carbocycles. The van der Waals surface area contributed by atoms with Crippen LogP contribution in [0, 0.1) is 6.92 Å². The SMILES string of the molecule is C=CC1=C(/C=C\CCC(=O)Nc2nc(-c3ccc4c(c3)CCN4C)c(C)s2)OCO1.CC=O.CCc1ccccc1. The van der Waals surface area contributed by atoms with E-state index in [-0.39, 0.29) is 12.7 Å². The Morgan fingerprint density at radius 1 is 1.17 bits per heavy atom. The van der Waals surface area contributed by atoms with E-state index in [1.807, 2.05) is 25.1 Å². The Morgan fingerprint density at radius 2 is 1.90 bits per heavy atom. The van der Waals surface area contributed by atoms with Crippen LogP contribution < -0.4 is 10.2 Å². The van der Waals surface area contributed by atoms with E-state index < -0.39 is 0 Å². The standard InChI is InChI=1S/C23H25N3O3S.C8H10.C2H4O/c1-4-19-20(29-14-28-19)7-5-6-8-21(27)24-23-25-22(15(2)30-23)17-9-10-18-16(13-17)11-12-26(18)3;1-2-8-6-4-3-5-7-8;1-2-3/h4-5,7,9-10,13H,1,6,8,11-12,14H2,2-3H3,(H,24,25,27);3-7H,2H2,1H3;2H,1H3/b7-5-;;. The molecule has 3 heterocycles. The van der Waals surface area contributed by atoms with Gasteiger partial charge in [-0.15, -0.1) is 11.3 Å². The second-order valence-corrected chi connectivity index (χ2v) is 10.5. The summed E-state index contributed by atoms with van der Waals surface area (Å²) in [4.78, 5) is 29.2. The summed E-state index contributed by atoms with van der Waals surface area (Å²) in [5.74, 6) is 1.21. The number of aryl methyl sites for hydroxylation is 2. The minimum absolute atomic E-state index is 0.0583. The highest BCUT2D eigenvalue weighted by molar-refractivity contribution is 7.16. The van der Waals surface area contributed by atoms with Crippen molar-refractivity contribution in [3.8, 4) is 11.3 Å². The highest BCUT2D eigenvalue weighted by Crippen LogP contribution is 2.35. The van der Waals surface area contributed by atoms with Crippen molar-refractivity contribution in [2.45, 2.75) is 46.5 Å². The van der Waals surface area contributed by atoms with E-state index in [1.54, 1.807) is 6.08 Å². The maximum absolute atomic E-state index is 12.3. The summed E-state index contributed by atoms with van der Waals surface area (Å²) in [5, 5.41) is 3.56. The third-order valence-corrected chi connectivity index (χ3v) is 7.33. The summed E-state index contributed by atoms with van der Waals surface area (Å²) in [7, 11) is 2.12. The molecule has 1 N–H and O–H groups in total. The monoisotopic (exact) mass is 573 g/mol. The van der Waals surface area contributed by atoms with Crippen LogP contribution in [0.25, 0.3) is 11.3 Å². The molecule has 41 heavy (non-hydrogen) atoms. The Labute approximate surface area is 247 Å². The number of nitrogens with zero attached hydrogens (tertiary/aromatic N) is 2. The van der Waals surface area contributed by atoms with Gasteiger partial charge >= 0.3 is 0 Å². The Kier molecular flexibility index (Phi) is 12.4. The molecule has 0 saturated carbocycles. The first-order valence-electron chi connectivity index (χ1n) is 13.7. The molecule has 1 amide bonds. The van der Waals surface area contributed by atoms with E-state index in [4.69, 9.17) is 14.3 Å². The molecular formula is C33H39N3O4S. The molecule has 1 aromatic heterocycles. The molecule has 2 aliphatic heterocycles. The molecule has 7 nitrogen and oxygen atoms in total. The van der Waals surface area contributed by atoms with Gasteiger partial charge in [0.15, 0.2) is 16.6 Å². The van der Waals surface area contributed by atoms with Gasteiger partial charge in [-0.2, -0.15) is 0 Å². The van der Waals surface area contributed by atoms with Crippen molar-refractivity contribution in [3.05, 3.63) is 101 Å². The van der Waals surface area contributed by atoms with Gasteiger partial charge in [-0.3, -0.25) is 4.79 Å². The molecule has 0 saturated heterocycles. The number of aromatic nitrogens is 1. The maximum atomic E-state index is 12.3. The van der Waals surface area contributed by atoms with Crippen molar-refractivity contribution in [3.63, 3.8) is 0 Å². The molecule has 8 heteroatoms. The number of hydrogen-bond donors (Lipinski definition) is 1. The Bertz CT molecular complexity index is 1380. The average Bonchev–Trinajstić information content (AvgIpc) is 3.70. The predicted molar refractivity (Wildman–Crippen MR) is 168 cm³/mol. The number of hydrogen-bond acceptors (Lipinski definition) is 7. The highest BCUT2D eigenvalue weighted by Gasteiger charge is 2.18. The molecule has 0 unspecified atom stereocenters. The first-order chi connectivity index (χ1) is 19.9. The van der Waals surface area contributed by atoms with Gasteiger partial charge in [-0.25, -0.2) is 4.98 Å². The zero-order chi connectivity index (χ0) is 29.6. The lowest BCUT2D eigenvalue weighted by Crippen LogP contribution is -2.12. The van der Waals surface area contributed by atoms with Crippen LogP contribution in [0.15, 0.2) is 84.9 Å². The molecule has 3 aromatic rings. The van der Waals surface area contributed by atoms with Crippen LogP contribution in [0.1, 0.15) is 42.7 Å². The first kappa shape index (κ1) is 31.4. The van der Waals surface area contributed by atoms with Gasteiger partial charge in [0.25, 0.3) is 0 Å². The van der Waals surface area contributed by atoms with Gasteiger partial charge in [0, 0.05) is 36.1 Å². The molecule has 5 rings (SSSR count). The fourth-order valence-electron chi connectivity index (χ4n) is 4.32. The summed E-state index contributed by atoms with van der Waals surface area (Å²) in [5.41, 5.74) is 6.10. The van der Waals surface area contributed by atoms with Crippen molar-refractivity contribution in [1.82, 2.24) is 4.98 Å². The summed E-state index contributed by atoms with van der Waals surface area (Å²) < 4.78 is 10.6. The van der Waals surface area contributed by atoms with E-state index in [9.17, 15) is 4.79 Å². The van der Waals surface area contributed by atoms with Crippen LogP contribution in [-0.4, -0.2) is 37.6 Å². The maximum Gasteiger partial charge on any atom is 0.231 e. The summed E-state index contributed by atoms with van der Waals surface area (Å²) in [6.45, 7) is 10.6. The lowest BCUT2D eigenvalue weighted by atomic mass is 10.1. The Balaban J connectivity index is 0.000000354. The molecule has 0 bridgehead atoms.